The van der Waals surface area contributed by atoms with Crippen LogP contribution in [-0.4, -0.2) is 23.7 Å². The summed E-state index contributed by atoms with van der Waals surface area (Å²) in [6.45, 7) is 1.84. The molecule has 0 radical (unpaired) electrons. The minimum absolute atomic E-state index is 0.0621. The van der Waals surface area contributed by atoms with Gasteiger partial charge >= 0.3 is 0 Å². The number of rotatable bonds is 4. The number of nitrogens with zero attached hydrogens (tertiary/aromatic N) is 1. The second-order valence-corrected chi connectivity index (χ2v) is 7.82. The number of carbonyl (C=O) groups excluding carboxylic acids is 1. The van der Waals surface area contributed by atoms with E-state index in [0.717, 1.165) is 18.5 Å². The lowest BCUT2D eigenvalue weighted by molar-refractivity contribution is -0.133. The Balaban J connectivity index is 1.66. The van der Waals surface area contributed by atoms with Crippen molar-refractivity contribution in [3.63, 3.8) is 0 Å². The van der Waals surface area contributed by atoms with Crippen LogP contribution in [0.1, 0.15) is 44.1 Å². The molecule has 1 aliphatic carbocycles. The Morgan fingerprint density at radius 2 is 1.69 bits per heavy atom. The zero-order chi connectivity index (χ0) is 18.7. The summed E-state index contributed by atoms with van der Waals surface area (Å²) in [5.41, 5.74) is 1.17. The van der Waals surface area contributed by atoms with Crippen molar-refractivity contribution in [2.24, 2.45) is 5.92 Å². The smallest absolute Gasteiger partial charge is 0.232 e. The molecule has 1 aliphatic rings. The predicted molar refractivity (Wildman–Crippen MR) is 107 cm³/mol. The van der Waals surface area contributed by atoms with Crippen LogP contribution >= 0.6 is 11.6 Å². The second-order valence-electron chi connectivity index (χ2n) is 7.38. The van der Waals surface area contributed by atoms with Crippen LogP contribution in [0.15, 0.2) is 54.6 Å². The van der Waals surface area contributed by atoms with E-state index in [1.54, 1.807) is 24.1 Å². The van der Waals surface area contributed by atoms with Gasteiger partial charge in [0.15, 0.2) is 0 Å². The summed E-state index contributed by atoms with van der Waals surface area (Å²) in [5.74, 6) is -0.0411. The molecule has 1 N–H and O–H groups in total. The topological polar surface area (TPSA) is 40.5 Å². The van der Waals surface area contributed by atoms with Crippen molar-refractivity contribution in [1.82, 2.24) is 0 Å². The van der Waals surface area contributed by atoms with E-state index in [0.29, 0.717) is 23.8 Å². The monoisotopic (exact) mass is 371 g/mol. The Kier molecular flexibility index (Phi) is 5.69. The summed E-state index contributed by atoms with van der Waals surface area (Å²) in [4.78, 5) is 14.5. The minimum Gasteiger partial charge on any atom is -0.389 e. The fourth-order valence-corrected chi connectivity index (χ4v) is 4.05. The molecule has 1 amide bonds. The highest BCUT2D eigenvalue weighted by Gasteiger charge is 2.42. The molecular weight excluding hydrogens is 346 g/mol. The zero-order valence-corrected chi connectivity index (χ0v) is 16.1. The van der Waals surface area contributed by atoms with Gasteiger partial charge in [0.05, 0.1) is 11.5 Å². The van der Waals surface area contributed by atoms with Gasteiger partial charge in [-0.05, 0) is 61.4 Å². The molecule has 3 rings (SSSR count). The van der Waals surface area contributed by atoms with E-state index in [-0.39, 0.29) is 5.91 Å². The third-order valence-corrected chi connectivity index (χ3v) is 6.10. The fraction of sp³-hybridized carbons (Fsp3) is 0.409. The van der Waals surface area contributed by atoms with Crippen molar-refractivity contribution in [3.05, 3.63) is 65.2 Å². The van der Waals surface area contributed by atoms with Crippen molar-refractivity contribution in [2.45, 2.75) is 44.1 Å². The van der Waals surface area contributed by atoms with Crippen LogP contribution in [0.4, 0.5) is 5.69 Å². The highest BCUT2D eigenvalue weighted by molar-refractivity contribution is 6.30. The first kappa shape index (κ1) is 18.9. The van der Waals surface area contributed by atoms with E-state index in [4.69, 9.17) is 11.6 Å². The van der Waals surface area contributed by atoms with Gasteiger partial charge in [-0.15, -0.1) is 0 Å². The quantitative estimate of drug-likeness (QED) is 0.818. The first-order chi connectivity index (χ1) is 12.4. The third kappa shape index (κ3) is 3.94. The minimum atomic E-state index is -0.941. The largest absolute Gasteiger partial charge is 0.389 e. The molecule has 138 valence electrons. The average molecular weight is 372 g/mol. The van der Waals surface area contributed by atoms with Gasteiger partial charge in [0, 0.05) is 17.8 Å². The Bertz CT molecular complexity index is 736. The SMILES string of the molecule is CC(C(=O)N(C)c1ccc(Cl)cc1)C1(O)CCC(c2ccccc2)CC1. The number of aliphatic hydroxyl groups is 1. The molecular formula is C22H26ClNO2. The number of anilines is 1. The zero-order valence-electron chi connectivity index (χ0n) is 15.4. The molecule has 0 heterocycles. The highest BCUT2D eigenvalue weighted by Crippen LogP contribution is 2.42. The maximum atomic E-state index is 12.9. The average Bonchev–Trinajstić information content (AvgIpc) is 2.68. The molecule has 0 saturated heterocycles. The predicted octanol–water partition coefficient (Wildman–Crippen LogP) is 5.03. The Morgan fingerprint density at radius 1 is 1.12 bits per heavy atom. The van der Waals surface area contributed by atoms with Crippen LogP contribution in [0.25, 0.3) is 0 Å². The summed E-state index contributed by atoms with van der Waals surface area (Å²) >= 11 is 5.92. The van der Waals surface area contributed by atoms with Crippen molar-refractivity contribution < 1.29 is 9.90 Å². The summed E-state index contributed by atoms with van der Waals surface area (Å²) in [6, 6.07) is 17.6. The molecule has 1 atom stereocenters. The summed E-state index contributed by atoms with van der Waals surface area (Å²) in [7, 11) is 1.75. The van der Waals surface area contributed by atoms with Crippen LogP contribution in [0.2, 0.25) is 5.02 Å². The van der Waals surface area contributed by atoms with Crippen molar-refractivity contribution >= 4 is 23.2 Å². The molecule has 2 aromatic carbocycles. The first-order valence-electron chi connectivity index (χ1n) is 9.21. The van der Waals surface area contributed by atoms with Crippen LogP contribution in [0, 0.1) is 5.92 Å². The number of halogens is 1. The number of hydrogen-bond acceptors (Lipinski definition) is 2. The van der Waals surface area contributed by atoms with E-state index in [9.17, 15) is 9.90 Å². The highest BCUT2D eigenvalue weighted by atomic mass is 35.5. The second kappa shape index (κ2) is 7.81. The molecule has 1 saturated carbocycles. The summed E-state index contributed by atoms with van der Waals surface area (Å²) in [6.07, 6.45) is 3.10. The molecule has 0 aromatic heterocycles. The number of carbonyl (C=O) groups is 1. The van der Waals surface area contributed by atoms with Crippen molar-refractivity contribution in [1.29, 1.82) is 0 Å². The lowest BCUT2D eigenvalue weighted by Crippen LogP contribution is -2.48. The van der Waals surface area contributed by atoms with E-state index < -0.39 is 11.5 Å². The van der Waals surface area contributed by atoms with Gasteiger partial charge in [0.1, 0.15) is 0 Å². The van der Waals surface area contributed by atoms with Crippen LogP contribution in [0.5, 0.6) is 0 Å². The Morgan fingerprint density at radius 3 is 2.27 bits per heavy atom. The van der Waals surface area contributed by atoms with E-state index in [1.165, 1.54) is 5.56 Å². The van der Waals surface area contributed by atoms with Crippen LogP contribution in [0.3, 0.4) is 0 Å². The van der Waals surface area contributed by atoms with Gasteiger partial charge in [0.2, 0.25) is 5.91 Å². The number of hydrogen-bond donors (Lipinski definition) is 1. The summed E-state index contributed by atoms with van der Waals surface area (Å²) in [5, 5.41) is 11.8. The normalized spacial score (nSPS) is 24.1. The molecule has 26 heavy (non-hydrogen) atoms. The van der Waals surface area contributed by atoms with Gasteiger partial charge in [-0.1, -0.05) is 48.9 Å². The first-order valence-corrected chi connectivity index (χ1v) is 9.59. The number of benzene rings is 2. The molecule has 0 spiro atoms. The lowest BCUT2D eigenvalue weighted by Gasteiger charge is -2.40. The van der Waals surface area contributed by atoms with E-state index in [2.05, 4.69) is 24.3 Å². The van der Waals surface area contributed by atoms with Gasteiger partial charge in [-0.3, -0.25) is 4.79 Å². The molecule has 2 aromatic rings. The van der Waals surface area contributed by atoms with Gasteiger partial charge in [0.25, 0.3) is 0 Å². The van der Waals surface area contributed by atoms with Gasteiger partial charge < -0.3 is 10.0 Å². The van der Waals surface area contributed by atoms with Crippen LogP contribution in [-0.2, 0) is 4.79 Å². The molecule has 0 aliphatic heterocycles. The maximum Gasteiger partial charge on any atom is 0.232 e. The molecule has 3 nitrogen and oxygen atoms in total. The van der Waals surface area contributed by atoms with E-state index in [1.807, 2.05) is 25.1 Å². The van der Waals surface area contributed by atoms with Gasteiger partial charge in [-0.25, -0.2) is 0 Å². The third-order valence-electron chi connectivity index (χ3n) is 5.84. The Labute approximate surface area is 160 Å². The standard InChI is InChI=1S/C22H26ClNO2/c1-16(21(25)24(2)20-10-8-19(23)9-11-20)22(26)14-12-18(13-15-22)17-6-4-3-5-7-17/h3-11,16,18,26H,12-15H2,1-2H3. The number of amides is 1. The molecule has 4 heteroatoms. The molecule has 0 bridgehead atoms. The van der Waals surface area contributed by atoms with Crippen molar-refractivity contribution in [3.8, 4) is 0 Å². The van der Waals surface area contributed by atoms with Crippen molar-refractivity contribution in [2.75, 3.05) is 11.9 Å². The maximum absolute atomic E-state index is 12.9. The Hall–Kier alpha value is -1.84. The fourth-order valence-electron chi connectivity index (χ4n) is 3.92. The lowest BCUT2D eigenvalue weighted by atomic mass is 9.70. The molecule has 1 fully saturated rings. The molecule has 1 unspecified atom stereocenters. The van der Waals surface area contributed by atoms with Crippen LogP contribution < -0.4 is 4.90 Å². The van der Waals surface area contributed by atoms with Gasteiger partial charge in [-0.2, -0.15) is 0 Å². The van der Waals surface area contributed by atoms with E-state index >= 15 is 0 Å². The summed E-state index contributed by atoms with van der Waals surface area (Å²) < 4.78 is 0.